The Kier molecular flexibility index (Phi) is 5.26. The highest BCUT2D eigenvalue weighted by Crippen LogP contribution is 2.27. The largest absolute Gasteiger partial charge is 0.493 e. The fraction of sp³-hybridized carbons (Fsp3) is 0.130. The molecule has 3 aromatic rings. The zero-order valence-corrected chi connectivity index (χ0v) is 16.3. The molecule has 0 fully saturated rings. The average molecular weight is 401 g/mol. The van der Waals surface area contributed by atoms with Gasteiger partial charge in [-0.25, -0.2) is 0 Å². The van der Waals surface area contributed by atoms with Crippen molar-refractivity contribution in [3.63, 3.8) is 0 Å². The molecule has 1 aromatic heterocycles. The summed E-state index contributed by atoms with van der Waals surface area (Å²) < 4.78 is 5.59. The lowest BCUT2D eigenvalue weighted by Gasteiger charge is -2.16. The van der Waals surface area contributed by atoms with E-state index in [1.54, 1.807) is 67.0 Å². The first-order chi connectivity index (χ1) is 14.6. The minimum absolute atomic E-state index is 0.0614. The van der Waals surface area contributed by atoms with E-state index in [0.29, 0.717) is 40.3 Å². The fourth-order valence-corrected chi connectivity index (χ4v) is 3.33. The molecule has 150 valence electrons. The highest BCUT2D eigenvalue weighted by Gasteiger charge is 2.35. The molecule has 0 aliphatic carbocycles. The predicted molar refractivity (Wildman–Crippen MR) is 110 cm³/mol. The molecule has 30 heavy (non-hydrogen) atoms. The summed E-state index contributed by atoms with van der Waals surface area (Å²) in [6.45, 7) is 2.28. The van der Waals surface area contributed by atoms with E-state index in [9.17, 15) is 14.4 Å². The van der Waals surface area contributed by atoms with Crippen molar-refractivity contribution < 1.29 is 19.1 Å². The normalized spacial score (nSPS) is 12.6. The van der Waals surface area contributed by atoms with E-state index in [1.807, 2.05) is 6.92 Å². The van der Waals surface area contributed by atoms with Gasteiger partial charge in [0.25, 0.3) is 17.7 Å². The van der Waals surface area contributed by atoms with Gasteiger partial charge in [0.05, 0.1) is 41.7 Å². The molecule has 4 rings (SSSR count). The summed E-state index contributed by atoms with van der Waals surface area (Å²) in [5, 5.41) is 2.78. The van der Waals surface area contributed by atoms with Crippen molar-refractivity contribution in [2.45, 2.75) is 13.5 Å². The maximum absolute atomic E-state index is 12.8. The summed E-state index contributed by atoms with van der Waals surface area (Å²) in [5.74, 6) is -0.627. The van der Waals surface area contributed by atoms with Crippen molar-refractivity contribution in [3.8, 4) is 5.75 Å². The van der Waals surface area contributed by atoms with Gasteiger partial charge in [0.2, 0.25) is 0 Å². The van der Waals surface area contributed by atoms with Gasteiger partial charge in [-0.2, -0.15) is 0 Å². The Morgan fingerprint density at radius 1 is 1.03 bits per heavy atom. The highest BCUT2D eigenvalue weighted by molar-refractivity contribution is 6.21. The summed E-state index contributed by atoms with van der Waals surface area (Å²) in [4.78, 5) is 43.3. The summed E-state index contributed by atoms with van der Waals surface area (Å²) in [6.07, 6.45) is 3.16. The van der Waals surface area contributed by atoms with Crippen LogP contribution in [0.5, 0.6) is 5.75 Å². The first-order valence-electron chi connectivity index (χ1n) is 9.51. The maximum atomic E-state index is 12.8. The molecule has 2 aromatic carbocycles. The Morgan fingerprint density at radius 2 is 1.77 bits per heavy atom. The average Bonchev–Trinajstić information content (AvgIpc) is 3.00. The molecule has 0 saturated carbocycles. The third-order valence-corrected chi connectivity index (χ3v) is 4.73. The van der Waals surface area contributed by atoms with Gasteiger partial charge < -0.3 is 10.1 Å². The molecule has 1 aliphatic heterocycles. The molecule has 2 heterocycles. The SMILES string of the molecule is CCOc1ccc(CN2C(=O)c3ccccc3C2=O)cc1C(=O)Nc1cccnc1. The molecular formula is C23H19N3O4. The highest BCUT2D eigenvalue weighted by atomic mass is 16.5. The number of fused-ring (bicyclic) bond motifs is 1. The molecule has 3 amide bonds. The van der Waals surface area contributed by atoms with Crippen LogP contribution < -0.4 is 10.1 Å². The van der Waals surface area contributed by atoms with Crippen LogP contribution in [0.15, 0.2) is 67.0 Å². The van der Waals surface area contributed by atoms with Crippen molar-refractivity contribution >= 4 is 23.4 Å². The van der Waals surface area contributed by atoms with E-state index in [4.69, 9.17) is 4.74 Å². The third kappa shape index (κ3) is 3.65. The van der Waals surface area contributed by atoms with Gasteiger partial charge in [0, 0.05) is 6.20 Å². The zero-order chi connectivity index (χ0) is 21.1. The van der Waals surface area contributed by atoms with Crippen LogP contribution in [0, 0.1) is 0 Å². The van der Waals surface area contributed by atoms with Gasteiger partial charge in [-0.1, -0.05) is 18.2 Å². The predicted octanol–water partition coefficient (Wildman–Crippen LogP) is 3.53. The number of imide groups is 1. The smallest absolute Gasteiger partial charge is 0.261 e. The van der Waals surface area contributed by atoms with Crippen molar-refractivity contribution in [1.82, 2.24) is 9.88 Å². The summed E-state index contributed by atoms with van der Waals surface area (Å²) >= 11 is 0. The number of ether oxygens (including phenoxy) is 1. The van der Waals surface area contributed by atoms with E-state index in [1.165, 1.54) is 4.90 Å². The van der Waals surface area contributed by atoms with Crippen LogP contribution in [-0.4, -0.2) is 34.2 Å². The van der Waals surface area contributed by atoms with Crippen LogP contribution in [-0.2, 0) is 6.54 Å². The number of carbonyl (C=O) groups excluding carboxylic acids is 3. The quantitative estimate of drug-likeness (QED) is 0.639. The number of nitrogens with zero attached hydrogens (tertiary/aromatic N) is 2. The van der Waals surface area contributed by atoms with Crippen LogP contribution >= 0.6 is 0 Å². The second-order valence-electron chi connectivity index (χ2n) is 6.70. The lowest BCUT2D eigenvalue weighted by atomic mass is 10.1. The van der Waals surface area contributed by atoms with Crippen LogP contribution in [0.25, 0.3) is 0 Å². The lowest BCUT2D eigenvalue weighted by Crippen LogP contribution is -2.29. The number of anilines is 1. The Balaban J connectivity index is 1.61. The molecule has 0 bridgehead atoms. The number of amides is 3. The number of hydrogen-bond donors (Lipinski definition) is 1. The number of hydrogen-bond acceptors (Lipinski definition) is 5. The summed E-state index contributed by atoms with van der Waals surface area (Å²) in [6, 6.07) is 15.2. The first-order valence-corrected chi connectivity index (χ1v) is 9.51. The van der Waals surface area contributed by atoms with Crippen LogP contribution in [0.4, 0.5) is 5.69 Å². The van der Waals surface area contributed by atoms with E-state index in [2.05, 4.69) is 10.3 Å². The monoisotopic (exact) mass is 401 g/mol. The van der Waals surface area contributed by atoms with Crippen LogP contribution in [0.1, 0.15) is 43.6 Å². The zero-order valence-electron chi connectivity index (χ0n) is 16.3. The number of pyridine rings is 1. The van der Waals surface area contributed by atoms with Crippen molar-refractivity contribution in [2.24, 2.45) is 0 Å². The van der Waals surface area contributed by atoms with Gasteiger partial charge in [0.15, 0.2) is 0 Å². The van der Waals surface area contributed by atoms with Crippen molar-refractivity contribution in [3.05, 3.63) is 89.2 Å². The van der Waals surface area contributed by atoms with E-state index in [-0.39, 0.29) is 24.3 Å². The fourth-order valence-electron chi connectivity index (χ4n) is 3.33. The van der Waals surface area contributed by atoms with Gasteiger partial charge in [-0.15, -0.1) is 0 Å². The van der Waals surface area contributed by atoms with E-state index in [0.717, 1.165) is 0 Å². The number of aromatic nitrogens is 1. The van der Waals surface area contributed by atoms with Gasteiger partial charge in [-0.3, -0.25) is 24.3 Å². The second-order valence-corrected chi connectivity index (χ2v) is 6.70. The minimum atomic E-state index is -0.365. The molecule has 0 atom stereocenters. The first kappa shape index (κ1) is 19.3. The molecular weight excluding hydrogens is 382 g/mol. The topological polar surface area (TPSA) is 88.6 Å². The molecule has 0 spiro atoms. The Morgan fingerprint density at radius 3 is 2.40 bits per heavy atom. The molecule has 0 radical (unpaired) electrons. The Hall–Kier alpha value is -4.00. The number of carbonyl (C=O) groups is 3. The number of benzene rings is 2. The number of nitrogens with one attached hydrogen (secondary N) is 1. The van der Waals surface area contributed by atoms with Crippen LogP contribution in [0.2, 0.25) is 0 Å². The maximum Gasteiger partial charge on any atom is 0.261 e. The Bertz CT molecular complexity index is 1090. The number of rotatable bonds is 6. The van der Waals surface area contributed by atoms with Gasteiger partial charge in [0.1, 0.15) is 5.75 Å². The van der Waals surface area contributed by atoms with Gasteiger partial charge in [-0.05, 0) is 48.9 Å². The molecule has 0 saturated heterocycles. The summed E-state index contributed by atoms with van der Waals surface area (Å²) in [7, 11) is 0. The molecule has 7 heteroatoms. The third-order valence-electron chi connectivity index (χ3n) is 4.73. The van der Waals surface area contributed by atoms with Crippen LogP contribution in [0.3, 0.4) is 0 Å². The van der Waals surface area contributed by atoms with E-state index >= 15 is 0 Å². The summed E-state index contributed by atoms with van der Waals surface area (Å²) in [5.41, 5.74) is 2.29. The van der Waals surface area contributed by atoms with Gasteiger partial charge >= 0.3 is 0 Å². The molecule has 1 N–H and O–H groups in total. The second kappa shape index (κ2) is 8.16. The lowest BCUT2D eigenvalue weighted by molar-refractivity contribution is 0.0642. The molecule has 1 aliphatic rings. The Labute approximate surface area is 173 Å². The van der Waals surface area contributed by atoms with E-state index < -0.39 is 0 Å². The van der Waals surface area contributed by atoms with Crippen molar-refractivity contribution in [1.29, 1.82) is 0 Å². The standard InChI is InChI=1S/C23H19N3O4/c1-2-30-20-10-9-15(12-19(20)21(27)25-16-6-5-11-24-13-16)14-26-22(28)17-7-3-4-8-18(17)23(26)29/h3-13H,2,14H2,1H3,(H,25,27). The van der Waals surface area contributed by atoms with Crippen molar-refractivity contribution in [2.75, 3.05) is 11.9 Å². The molecule has 7 nitrogen and oxygen atoms in total. The minimum Gasteiger partial charge on any atom is -0.493 e. The molecule has 0 unspecified atom stereocenters.